The second kappa shape index (κ2) is 10.9. The molecule has 0 amide bonds. The number of benzene rings is 9. The van der Waals surface area contributed by atoms with Gasteiger partial charge in [0.1, 0.15) is 0 Å². The van der Waals surface area contributed by atoms with Crippen molar-refractivity contribution in [2.45, 2.75) is 0 Å². The Morgan fingerprint density at radius 2 is 0.627 bits per heavy atom. The summed E-state index contributed by atoms with van der Waals surface area (Å²) >= 11 is 0. The summed E-state index contributed by atoms with van der Waals surface area (Å²) in [7, 11) is 0. The normalized spacial score (nSPS) is 11.9. The van der Waals surface area contributed by atoms with Gasteiger partial charge in [-0.25, -0.2) is 0 Å². The Kier molecular flexibility index (Phi) is 6.02. The molecule has 11 aromatic rings. The fraction of sp³-hybridized carbons (Fsp3) is 0. The Balaban J connectivity index is 1.15. The first kappa shape index (κ1) is 28.2. The molecule has 0 spiro atoms. The minimum Gasteiger partial charge on any atom is -0.308 e. The zero-order valence-corrected chi connectivity index (χ0v) is 27.8. The van der Waals surface area contributed by atoms with Crippen molar-refractivity contribution in [3.8, 4) is 22.3 Å². The predicted molar refractivity (Wildman–Crippen MR) is 220 cm³/mol. The summed E-state index contributed by atoms with van der Waals surface area (Å²) in [5.41, 5.74) is 8.59. The Bertz CT molecular complexity index is 3250. The average Bonchev–Trinajstić information content (AvgIpc) is 3.55. The fourth-order valence-electron chi connectivity index (χ4n) is 8.49. The van der Waals surface area contributed by atoms with E-state index in [4.69, 9.17) is 0 Å². The second-order valence-corrected chi connectivity index (χ2v) is 13.7. The van der Waals surface area contributed by atoms with E-state index in [1.807, 2.05) is 0 Å². The molecule has 0 saturated carbocycles. The Morgan fingerprint density at radius 1 is 0.235 bits per heavy atom. The highest BCUT2D eigenvalue weighted by Crippen LogP contribution is 2.40. The van der Waals surface area contributed by atoms with Gasteiger partial charge in [-0.05, 0) is 102 Å². The molecule has 9 aromatic carbocycles. The van der Waals surface area contributed by atoms with Gasteiger partial charge in [0, 0.05) is 21.5 Å². The highest BCUT2D eigenvalue weighted by molar-refractivity contribution is 6.25. The van der Waals surface area contributed by atoms with Crippen LogP contribution < -0.4 is 0 Å². The molecule has 0 aliphatic heterocycles. The second-order valence-electron chi connectivity index (χ2n) is 13.7. The predicted octanol–water partition coefficient (Wildman–Crippen LogP) is 13.9. The topological polar surface area (TPSA) is 4.41 Å². The molecule has 0 bridgehead atoms. The van der Waals surface area contributed by atoms with E-state index in [1.54, 1.807) is 0 Å². The Morgan fingerprint density at radius 3 is 1.27 bits per heavy atom. The van der Waals surface area contributed by atoms with Crippen LogP contribution in [0.5, 0.6) is 0 Å². The van der Waals surface area contributed by atoms with Crippen LogP contribution in [0.15, 0.2) is 188 Å². The maximum Gasteiger partial charge on any atom is 0.0619 e. The van der Waals surface area contributed by atoms with Crippen LogP contribution in [0.1, 0.15) is 0 Å². The van der Waals surface area contributed by atoms with Gasteiger partial charge in [0.2, 0.25) is 0 Å². The van der Waals surface area contributed by atoms with Crippen molar-refractivity contribution >= 4 is 81.2 Å². The number of hydrogen-bond acceptors (Lipinski definition) is 0. The van der Waals surface area contributed by atoms with E-state index in [2.05, 4.69) is 192 Å². The van der Waals surface area contributed by atoms with E-state index < -0.39 is 0 Å². The smallest absolute Gasteiger partial charge is 0.0619 e. The lowest BCUT2D eigenvalue weighted by atomic mass is 9.96. The molecule has 0 aliphatic carbocycles. The molecule has 0 atom stereocenters. The van der Waals surface area contributed by atoms with Gasteiger partial charge in [0.15, 0.2) is 0 Å². The average molecular weight is 646 g/mol. The zero-order valence-electron chi connectivity index (χ0n) is 27.8. The minimum atomic E-state index is 1.20. The van der Waals surface area contributed by atoms with Crippen LogP contribution >= 0.6 is 0 Å². The van der Waals surface area contributed by atoms with Crippen molar-refractivity contribution in [3.63, 3.8) is 0 Å². The van der Waals surface area contributed by atoms with Gasteiger partial charge in [-0.1, -0.05) is 152 Å². The zero-order chi connectivity index (χ0) is 33.5. The summed E-state index contributed by atoms with van der Waals surface area (Å²) in [5.74, 6) is 0. The van der Waals surface area contributed by atoms with E-state index >= 15 is 0 Å². The summed E-state index contributed by atoms with van der Waals surface area (Å²) in [6, 6.07) is 69.5. The molecule has 0 radical (unpaired) electrons. The van der Waals surface area contributed by atoms with Crippen LogP contribution in [0.25, 0.3) is 103 Å². The van der Waals surface area contributed by atoms with Crippen molar-refractivity contribution in [3.05, 3.63) is 188 Å². The third-order valence-corrected chi connectivity index (χ3v) is 10.9. The van der Waals surface area contributed by atoms with Crippen molar-refractivity contribution in [2.24, 2.45) is 0 Å². The molecule has 2 heterocycles. The van der Waals surface area contributed by atoms with E-state index in [0.29, 0.717) is 0 Å². The third kappa shape index (κ3) is 4.28. The summed E-state index contributed by atoms with van der Waals surface area (Å²) in [6.07, 6.45) is 0. The van der Waals surface area contributed by atoms with Crippen molar-refractivity contribution in [1.82, 2.24) is 4.40 Å². The molecule has 11 rings (SSSR count). The van der Waals surface area contributed by atoms with Crippen LogP contribution in [0, 0.1) is 0 Å². The highest BCUT2D eigenvalue weighted by Gasteiger charge is 2.16. The SMILES string of the molecule is c1ccc2cc(-c3ccc4cc(-c5ccc6c(c5)c5cccc7c8ccccc8c8ccccc8c8ccccc8n6c75)ccc4c3)ccc2c1. The van der Waals surface area contributed by atoms with E-state index in [1.165, 1.54) is 103 Å². The summed E-state index contributed by atoms with van der Waals surface area (Å²) in [4.78, 5) is 0. The van der Waals surface area contributed by atoms with Gasteiger partial charge < -0.3 is 4.40 Å². The lowest BCUT2D eigenvalue weighted by Crippen LogP contribution is -1.86. The molecule has 51 heavy (non-hydrogen) atoms. The molecule has 0 aliphatic rings. The quantitative estimate of drug-likeness (QED) is 0.176. The number of nitrogens with zero attached hydrogens (tertiary/aromatic N) is 1. The van der Waals surface area contributed by atoms with E-state index in [9.17, 15) is 0 Å². The third-order valence-electron chi connectivity index (χ3n) is 10.9. The number of fused-ring (bicyclic) bond motifs is 12. The molecule has 1 nitrogen and oxygen atoms in total. The lowest BCUT2D eigenvalue weighted by Gasteiger charge is -2.09. The maximum absolute atomic E-state index is 2.51. The van der Waals surface area contributed by atoms with Crippen molar-refractivity contribution in [2.75, 3.05) is 0 Å². The Labute approximate surface area is 294 Å². The van der Waals surface area contributed by atoms with Crippen molar-refractivity contribution < 1.29 is 0 Å². The molecule has 0 saturated heterocycles. The number of aromatic nitrogens is 1. The fourth-order valence-corrected chi connectivity index (χ4v) is 8.49. The first-order valence-corrected chi connectivity index (χ1v) is 17.7. The number of hydrogen-bond donors (Lipinski definition) is 0. The van der Waals surface area contributed by atoms with Crippen molar-refractivity contribution in [1.29, 1.82) is 0 Å². The Hall–Kier alpha value is -6.70. The van der Waals surface area contributed by atoms with Gasteiger partial charge >= 0.3 is 0 Å². The largest absolute Gasteiger partial charge is 0.308 e. The van der Waals surface area contributed by atoms with Crippen LogP contribution in [-0.4, -0.2) is 4.40 Å². The maximum atomic E-state index is 2.51. The molecule has 0 N–H and O–H groups in total. The standard InChI is InChI=1S/C50H31N/c1-2-11-33-28-34(21-20-32(33)10-1)35-22-23-37-30-38(25-24-36(37)29-35)39-26-27-49-47(31-39)46-18-9-17-45-43-15-6-4-13-41(43)40-12-3-5-14-42(40)44-16-7-8-19-48(44)51(49)50(45)46/h1-31H. The van der Waals surface area contributed by atoms with Gasteiger partial charge in [-0.2, -0.15) is 0 Å². The van der Waals surface area contributed by atoms with E-state index in [-0.39, 0.29) is 0 Å². The van der Waals surface area contributed by atoms with Crippen LogP contribution in [0.3, 0.4) is 0 Å². The van der Waals surface area contributed by atoms with Crippen LogP contribution in [0.2, 0.25) is 0 Å². The molecule has 236 valence electrons. The number of rotatable bonds is 2. The summed E-state index contributed by atoms with van der Waals surface area (Å²) in [6.45, 7) is 0. The van der Waals surface area contributed by atoms with E-state index in [0.717, 1.165) is 0 Å². The van der Waals surface area contributed by atoms with Gasteiger partial charge in [-0.3, -0.25) is 0 Å². The first-order chi connectivity index (χ1) is 25.3. The summed E-state index contributed by atoms with van der Waals surface area (Å²) < 4.78 is 2.51. The van der Waals surface area contributed by atoms with Gasteiger partial charge in [0.25, 0.3) is 0 Å². The van der Waals surface area contributed by atoms with Gasteiger partial charge in [0.05, 0.1) is 16.6 Å². The van der Waals surface area contributed by atoms with Gasteiger partial charge in [-0.15, -0.1) is 0 Å². The molecule has 2 aromatic heterocycles. The highest BCUT2D eigenvalue weighted by atomic mass is 14.9. The summed E-state index contributed by atoms with van der Waals surface area (Å²) in [5, 5.41) is 15.1. The molecule has 0 fully saturated rings. The molecular formula is C50H31N. The molecule has 1 heteroatoms. The molecule has 0 unspecified atom stereocenters. The van der Waals surface area contributed by atoms with Crippen LogP contribution in [0.4, 0.5) is 0 Å². The minimum absolute atomic E-state index is 1.20. The van der Waals surface area contributed by atoms with Crippen LogP contribution in [-0.2, 0) is 0 Å². The number of para-hydroxylation sites is 2. The molecular weight excluding hydrogens is 615 g/mol. The monoisotopic (exact) mass is 645 g/mol. The lowest BCUT2D eigenvalue weighted by molar-refractivity contribution is 1.35. The first-order valence-electron chi connectivity index (χ1n) is 17.7.